The third kappa shape index (κ3) is 1.37. The average Bonchev–Trinajstić information content (AvgIpc) is 2.70. The minimum atomic E-state index is -0.0969. The molecule has 1 aromatic heterocycles. The molecule has 0 aliphatic heterocycles. The van der Waals surface area contributed by atoms with E-state index in [-0.39, 0.29) is 11.0 Å². The Bertz CT molecular complexity index is 320. The Morgan fingerprint density at radius 3 is 2.46 bits per heavy atom. The molecule has 1 heterocycles. The maximum absolute atomic E-state index is 6.22. The molecule has 1 fully saturated rings. The normalized spacial score (nSPS) is 20.3. The van der Waals surface area contributed by atoms with Gasteiger partial charge in [-0.3, -0.25) is 0 Å². The summed E-state index contributed by atoms with van der Waals surface area (Å²) in [6, 6.07) is 2.12. The quantitative estimate of drug-likeness (QED) is 0.867. The van der Waals surface area contributed by atoms with Crippen LogP contribution < -0.4 is 5.73 Å². The van der Waals surface area contributed by atoms with Gasteiger partial charge in [0.25, 0.3) is 0 Å². The van der Waals surface area contributed by atoms with Crippen LogP contribution in [0.15, 0.2) is 15.9 Å². The summed E-state index contributed by atoms with van der Waals surface area (Å²) in [6.45, 7) is 4.26. The predicted molar refractivity (Wildman–Crippen MR) is 61.2 cm³/mol. The molecule has 2 rings (SSSR count). The molecule has 0 aromatic carbocycles. The third-order valence-electron chi connectivity index (χ3n) is 3.04. The smallest absolute Gasteiger partial charge is 0.0320 e. The molecule has 13 heavy (non-hydrogen) atoms. The van der Waals surface area contributed by atoms with Crippen molar-refractivity contribution in [3.8, 4) is 0 Å². The molecule has 0 atom stereocenters. The minimum absolute atomic E-state index is 0.0969. The van der Waals surface area contributed by atoms with Gasteiger partial charge < -0.3 is 5.73 Å². The van der Waals surface area contributed by atoms with Crippen molar-refractivity contribution in [2.45, 2.75) is 37.6 Å². The van der Waals surface area contributed by atoms with E-state index in [1.54, 1.807) is 0 Å². The molecule has 0 amide bonds. The van der Waals surface area contributed by atoms with E-state index in [1.807, 2.05) is 11.3 Å². The molecule has 0 saturated heterocycles. The fourth-order valence-electron chi connectivity index (χ4n) is 1.92. The standard InChI is InChI=1S/C10H14BrNS/c1-9(2,12)10(4-5-10)8-7(11)3-6-13-8/h3,6H,4-5,12H2,1-2H3. The van der Waals surface area contributed by atoms with Crippen LogP contribution in [0.4, 0.5) is 0 Å². The first-order chi connectivity index (χ1) is 5.97. The van der Waals surface area contributed by atoms with Crippen LogP contribution >= 0.6 is 27.3 Å². The average molecular weight is 260 g/mol. The highest BCUT2D eigenvalue weighted by Gasteiger charge is 2.55. The van der Waals surface area contributed by atoms with Gasteiger partial charge in [0.05, 0.1) is 0 Å². The summed E-state index contributed by atoms with van der Waals surface area (Å²) >= 11 is 5.41. The molecule has 0 radical (unpaired) electrons. The Morgan fingerprint density at radius 2 is 2.15 bits per heavy atom. The zero-order valence-electron chi connectivity index (χ0n) is 7.93. The van der Waals surface area contributed by atoms with E-state index in [2.05, 4.69) is 41.2 Å². The van der Waals surface area contributed by atoms with E-state index in [9.17, 15) is 0 Å². The Hall–Kier alpha value is 0.140. The summed E-state index contributed by atoms with van der Waals surface area (Å²) in [5.74, 6) is 0. The number of hydrogen-bond acceptors (Lipinski definition) is 2. The summed E-state index contributed by atoms with van der Waals surface area (Å²) in [7, 11) is 0. The molecular formula is C10H14BrNS. The highest BCUT2D eigenvalue weighted by Crippen LogP contribution is 2.57. The molecule has 1 aliphatic carbocycles. The zero-order chi connectivity index (χ0) is 9.69. The van der Waals surface area contributed by atoms with Gasteiger partial charge in [-0.15, -0.1) is 11.3 Å². The van der Waals surface area contributed by atoms with Crippen LogP contribution in [0.5, 0.6) is 0 Å². The largest absolute Gasteiger partial charge is 0.325 e. The van der Waals surface area contributed by atoms with Crippen LogP contribution in [0, 0.1) is 0 Å². The van der Waals surface area contributed by atoms with E-state index in [4.69, 9.17) is 5.73 Å². The van der Waals surface area contributed by atoms with E-state index in [0.29, 0.717) is 0 Å². The van der Waals surface area contributed by atoms with Gasteiger partial charge in [0, 0.05) is 20.3 Å². The summed E-state index contributed by atoms with van der Waals surface area (Å²) in [5, 5.41) is 2.13. The second kappa shape index (κ2) is 2.81. The van der Waals surface area contributed by atoms with Gasteiger partial charge in [-0.1, -0.05) is 0 Å². The van der Waals surface area contributed by atoms with Gasteiger partial charge >= 0.3 is 0 Å². The SMILES string of the molecule is CC(C)(N)C1(c2sccc2Br)CC1. The number of nitrogens with two attached hydrogens (primary N) is 1. The lowest BCUT2D eigenvalue weighted by atomic mass is 9.84. The van der Waals surface area contributed by atoms with Crippen molar-refractivity contribution in [3.63, 3.8) is 0 Å². The molecule has 1 nitrogen and oxygen atoms in total. The molecular weight excluding hydrogens is 246 g/mol. The number of rotatable bonds is 2. The van der Waals surface area contributed by atoms with Crippen LogP contribution in [-0.4, -0.2) is 5.54 Å². The monoisotopic (exact) mass is 259 g/mol. The summed E-state index contributed by atoms with van der Waals surface area (Å²) < 4.78 is 1.23. The highest BCUT2D eigenvalue weighted by molar-refractivity contribution is 9.10. The maximum Gasteiger partial charge on any atom is 0.0320 e. The Labute approximate surface area is 91.5 Å². The summed E-state index contributed by atoms with van der Waals surface area (Å²) in [4.78, 5) is 1.43. The van der Waals surface area contributed by atoms with Gasteiger partial charge in [-0.05, 0) is 54.1 Å². The molecule has 0 bridgehead atoms. The van der Waals surface area contributed by atoms with Gasteiger partial charge in [-0.2, -0.15) is 0 Å². The van der Waals surface area contributed by atoms with Crippen molar-refractivity contribution >= 4 is 27.3 Å². The van der Waals surface area contributed by atoms with E-state index < -0.39 is 0 Å². The lowest BCUT2D eigenvalue weighted by molar-refractivity contribution is 0.396. The Morgan fingerprint density at radius 1 is 1.54 bits per heavy atom. The first kappa shape index (κ1) is 9.69. The van der Waals surface area contributed by atoms with Gasteiger partial charge in [0.2, 0.25) is 0 Å². The molecule has 72 valence electrons. The highest BCUT2D eigenvalue weighted by atomic mass is 79.9. The molecule has 1 saturated carbocycles. The number of hydrogen-bond donors (Lipinski definition) is 1. The number of halogens is 1. The third-order valence-corrected chi connectivity index (χ3v) is 5.08. The molecule has 1 aliphatic rings. The topological polar surface area (TPSA) is 26.0 Å². The zero-order valence-corrected chi connectivity index (χ0v) is 10.3. The predicted octanol–water partition coefficient (Wildman–Crippen LogP) is 3.28. The fraction of sp³-hybridized carbons (Fsp3) is 0.600. The van der Waals surface area contributed by atoms with Crippen molar-refractivity contribution in [2.24, 2.45) is 5.73 Å². The van der Waals surface area contributed by atoms with Crippen molar-refractivity contribution in [1.29, 1.82) is 0 Å². The molecule has 0 unspecified atom stereocenters. The van der Waals surface area contributed by atoms with Gasteiger partial charge in [0.1, 0.15) is 0 Å². The van der Waals surface area contributed by atoms with Crippen molar-refractivity contribution in [1.82, 2.24) is 0 Å². The van der Waals surface area contributed by atoms with Crippen molar-refractivity contribution < 1.29 is 0 Å². The van der Waals surface area contributed by atoms with Crippen LogP contribution in [0.1, 0.15) is 31.6 Å². The lowest BCUT2D eigenvalue weighted by Gasteiger charge is -2.30. The lowest BCUT2D eigenvalue weighted by Crippen LogP contribution is -2.44. The minimum Gasteiger partial charge on any atom is -0.325 e. The number of thiophene rings is 1. The second-order valence-corrected chi connectivity index (χ2v) is 6.17. The molecule has 0 spiro atoms. The first-order valence-electron chi connectivity index (χ1n) is 4.50. The van der Waals surface area contributed by atoms with Crippen molar-refractivity contribution in [3.05, 3.63) is 20.8 Å². The van der Waals surface area contributed by atoms with Crippen LogP contribution in [0.25, 0.3) is 0 Å². The molecule has 2 N–H and O–H groups in total. The maximum atomic E-state index is 6.22. The van der Waals surface area contributed by atoms with Crippen LogP contribution in [0.3, 0.4) is 0 Å². The first-order valence-corrected chi connectivity index (χ1v) is 6.17. The van der Waals surface area contributed by atoms with Crippen LogP contribution in [-0.2, 0) is 5.41 Å². The fourth-order valence-corrected chi connectivity index (χ4v) is 4.10. The van der Waals surface area contributed by atoms with E-state index >= 15 is 0 Å². The van der Waals surface area contributed by atoms with Crippen molar-refractivity contribution in [2.75, 3.05) is 0 Å². The van der Waals surface area contributed by atoms with E-state index in [0.717, 1.165) is 0 Å². The summed E-state index contributed by atoms with van der Waals surface area (Å²) in [6.07, 6.45) is 2.46. The Balaban J connectivity index is 2.42. The Kier molecular flexibility index (Phi) is 2.10. The van der Waals surface area contributed by atoms with Crippen LogP contribution in [0.2, 0.25) is 0 Å². The summed E-state index contributed by atoms with van der Waals surface area (Å²) in [5.41, 5.74) is 6.37. The molecule has 3 heteroatoms. The van der Waals surface area contributed by atoms with E-state index in [1.165, 1.54) is 22.2 Å². The van der Waals surface area contributed by atoms with Gasteiger partial charge in [-0.25, -0.2) is 0 Å². The molecule has 1 aromatic rings. The second-order valence-electron chi connectivity index (χ2n) is 4.40. The van der Waals surface area contributed by atoms with Gasteiger partial charge in [0.15, 0.2) is 0 Å².